The average Bonchev–Trinajstić information content (AvgIpc) is 3.12. The molecular weight excluding hydrogens is 422 g/mol. The van der Waals surface area contributed by atoms with Gasteiger partial charge in [-0.15, -0.1) is 5.10 Å². The van der Waals surface area contributed by atoms with Crippen molar-refractivity contribution in [2.24, 2.45) is 10.2 Å². The van der Waals surface area contributed by atoms with Gasteiger partial charge in [0.1, 0.15) is 5.56 Å². The topological polar surface area (TPSA) is 127 Å². The van der Waals surface area contributed by atoms with E-state index in [0.717, 1.165) is 11.8 Å². The summed E-state index contributed by atoms with van der Waals surface area (Å²) in [6.45, 7) is 0. The van der Waals surface area contributed by atoms with Gasteiger partial charge >= 0.3 is 5.97 Å². The van der Waals surface area contributed by atoms with Gasteiger partial charge in [0.15, 0.2) is 22.4 Å². The number of rotatable bonds is 8. The summed E-state index contributed by atoms with van der Waals surface area (Å²) in [5, 5.41) is 19.5. The predicted octanol–water partition coefficient (Wildman–Crippen LogP) is 2.60. The Morgan fingerprint density at radius 3 is 2.55 bits per heavy atom. The fraction of sp³-hybridized carbons (Fsp3) is 0.190. The zero-order chi connectivity index (χ0) is 22.4. The largest absolute Gasteiger partial charge is 0.493 e. The third-order valence-electron chi connectivity index (χ3n) is 4.38. The summed E-state index contributed by atoms with van der Waals surface area (Å²) in [5.41, 5.74) is 0.661. The Morgan fingerprint density at radius 2 is 1.90 bits per heavy atom. The zero-order valence-electron chi connectivity index (χ0n) is 16.7. The summed E-state index contributed by atoms with van der Waals surface area (Å²) in [6, 6.07) is 11.8. The van der Waals surface area contributed by atoms with Gasteiger partial charge in [0.05, 0.1) is 25.7 Å². The van der Waals surface area contributed by atoms with Crippen LogP contribution >= 0.6 is 11.8 Å². The number of ether oxygens (including phenoxy) is 2. The van der Waals surface area contributed by atoms with Crippen molar-refractivity contribution >= 4 is 40.8 Å². The smallest absolute Gasteiger partial charge is 0.340 e. The van der Waals surface area contributed by atoms with Crippen LogP contribution in [0.3, 0.4) is 0 Å². The van der Waals surface area contributed by atoms with Gasteiger partial charge < -0.3 is 19.9 Å². The summed E-state index contributed by atoms with van der Waals surface area (Å²) in [6.07, 6.45) is 1.27. The van der Waals surface area contributed by atoms with Gasteiger partial charge in [0, 0.05) is 17.5 Å². The molecule has 0 saturated carbocycles. The predicted molar refractivity (Wildman–Crippen MR) is 116 cm³/mol. The molecule has 1 fully saturated rings. The molecule has 1 atom stereocenters. The number of ketones is 1. The van der Waals surface area contributed by atoms with E-state index < -0.39 is 11.2 Å². The lowest BCUT2D eigenvalue weighted by atomic mass is 10.1. The van der Waals surface area contributed by atoms with E-state index in [-0.39, 0.29) is 45.9 Å². The first kappa shape index (κ1) is 22.0. The van der Waals surface area contributed by atoms with Gasteiger partial charge in [0.25, 0.3) is 0 Å². The van der Waals surface area contributed by atoms with Crippen LogP contribution in [0.5, 0.6) is 11.5 Å². The summed E-state index contributed by atoms with van der Waals surface area (Å²) in [5.74, 6) is -1.36. The molecule has 0 bridgehead atoms. The Morgan fingerprint density at radius 1 is 1.16 bits per heavy atom. The molecule has 10 heteroatoms. The average molecular weight is 441 g/mol. The number of Topliss-reactive ketones (excluding diaryl/α,β-unsaturated/α-hetero) is 1. The van der Waals surface area contributed by atoms with Crippen molar-refractivity contribution in [3.8, 4) is 11.5 Å². The highest BCUT2D eigenvalue weighted by Crippen LogP contribution is 2.33. The van der Waals surface area contributed by atoms with Crippen LogP contribution in [0.25, 0.3) is 0 Å². The van der Waals surface area contributed by atoms with Crippen molar-refractivity contribution < 1.29 is 29.0 Å². The lowest BCUT2D eigenvalue weighted by Crippen LogP contribution is -2.26. The lowest BCUT2D eigenvalue weighted by Gasteiger charge is -2.11. The molecule has 1 heterocycles. The van der Waals surface area contributed by atoms with E-state index in [9.17, 15) is 19.5 Å². The molecule has 1 aliphatic heterocycles. The Hall–Kier alpha value is -3.66. The van der Waals surface area contributed by atoms with Crippen LogP contribution in [0, 0.1) is 0 Å². The molecule has 31 heavy (non-hydrogen) atoms. The molecule has 0 aliphatic carbocycles. The molecule has 0 radical (unpaired) electrons. The second kappa shape index (κ2) is 9.90. The van der Waals surface area contributed by atoms with E-state index in [1.165, 1.54) is 26.5 Å². The summed E-state index contributed by atoms with van der Waals surface area (Å²) in [4.78, 5) is 36.2. The van der Waals surface area contributed by atoms with Crippen molar-refractivity contribution in [2.45, 2.75) is 11.7 Å². The maximum atomic E-state index is 12.3. The summed E-state index contributed by atoms with van der Waals surface area (Å²) in [7, 11) is 2.75. The van der Waals surface area contributed by atoms with Crippen LogP contribution in [-0.4, -0.2) is 53.6 Å². The number of methoxy groups -OCH3 is 2. The fourth-order valence-electron chi connectivity index (χ4n) is 2.91. The number of hydrogen-bond donors (Lipinski definition) is 2. The molecular formula is C21H19N3O6S. The van der Waals surface area contributed by atoms with Crippen LogP contribution in [-0.2, 0) is 4.79 Å². The standard InChI is InChI=1S/C21H19N3O6S/c1-29-15-9-8-13(17(20(27)28)18(15)30-2)11-22-24-21-23-19(26)16(31-21)10-14(25)12-6-4-3-5-7-12/h3-9,11,16H,10H2,1-2H3,(H,27,28)(H,23,24,26)/b22-11-. The molecule has 0 aromatic heterocycles. The molecule has 160 valence electrons. The molecule has 2 aromatic rings. The molecule has 3 rings (SSSR count). The van der Waals surface area contributed by atoms with Crippen LogP contribution in [0.1, 0.15) is 32.7 Å². The number of aromatic carboxylic acids is 1. The second-order valence-electron chi connectivity index (χ2n) is 6.31. The van der Waals surface area contributed by atoms with E-state index >= 15 is 0 Å². The van der Waals surface area contributed by atoms with E-state index in [0.29, 0.717) is 5.56 Å². The number of carboxylic acid groups (broad SMARTS) is 1. The number of hydrogen-bond acceptors (Lipinski definition) is 8. The van der Waals surface area contributed by atoms with Gasteiger partial charge in [-0.25, -0.2) is 4.79 Å². The van der Waals surface area contributed by atoms with E-state index in [4.69, 9.17) is 9.47 Å². The number of carbonyl (C=O) groups excluding carboxylic acids is 2. The van der Waals surface area contributed by atoms with Crippen molar-refractivity contribution in [2.75, 3.05) is 14.2 Å². The van der Waals surface area contributed by atoms with Crippen LogP contribution in [0.15, 0.2) is 52.7 Å². The normalized spacial score (nSPS) is 17.0. The molecule has 0 spiro atoms. The molecule has 2 N–H and O–H groups in total. The number of amides is 1. The lowest BCUT2D eigenvalue weighted by molar-refractivity contribution is -0.118. The van der Waals surface area contributed by atoms with E-state index in [2.05, 4.69) is 15.5 Å². The second-order valence-corrected chi connectivity index (χ2v) is 7.50. The van der Waals surface area contributed by atoms with Gasteiger partial charge in [-0.1, -0.05) is 42.1 Å². The highest BCUT2D eigenvalue weighted by Gasteiger charge is 2.32. The SMILES string of the molecule is COc1ccc(/C=N\N=C2/NC(=O)C(CC(=O)c3ccccc3)S2)c(C(=O)O)c1OC. The quantitative estimate of drug-likeness (QED) is 0.366. The van der Waals surface area contributed by atoms with Crippen LogP contribution < -0.4 is 14.8 Å². The zero-order valence-corrected chi connectivity index (χ0v) is 17.5. The fourth-order valence-corrected chi connectivity index (χ4v) is 3.83. The first-order valence-electron chi connectivity index (χ1n) is 9.09. The number of thioether (sulfide) groups is 1. The van der Waals surface area contributed by atoms with Gasteiger partial charge in [0.2, 0.25) is 5.91 Å². The molecule has 1 aliphatic rings. The molecule has 1 amide bonds. The van der Waals surface area contributed by atoms with Crippen LogP contribution in [0.4, 0.5) is 0 Å². The van der Waals surface area contributed by atoms with Crippen molar-refractivity contribution in [3.63, 3.8) is 0 Å². The summed E-state index contributed by atoms with van der Waals surface area (Å²) >= 11 is 1.09. The Bertz CT molecular complexity index is 1070. The minimum atomic E-state index is -1.21. The first-order chi connectivity index (χ1) is 14.9. The van der Waals surface area contributed by atoms with E-state index in [1.54, 1.807) is 30.3 Å². The first-order valence-corrected chi connectivity index (χ1v) is 9.97. The minimum absolute atomic E-state index is 0.0298. The van der Waals surface area contributed by atoms with Crippen molar-refractivity contribution in [1.29, 1.82) is 0 Å². The Labute approximate surface area is 182 Å². The number of nitrogens with zero attached hydrogens (tertiary/aromatic N) is 2. The Balaban J connectivity index is 1.73. The monoisotopic (exact) mass is 441 g/mol. The molecule has 1 saturated heterocycles. The molecule has 9 nitrogen and oxygen atoms in total. The maximum absolute atomic E-state index is 12.3. The number of carbonyl (C=O) groups is 3. The summed E-state index contributed by atoms with van der Waals surface area (Å²) < 4.78 is 10.3. The molecule has 1 unspecified atom stereocenters. The third kappa shape index (κ3) is 5.10. The van der Waals surface area contributed by atoms with Crippen LogP contribution in [0.2, 0.25) is 0 Å². The molecule has 2 aromatic carbocycles. The highest BCUT2D eigenvalue weighted by molar-refractivity contribution is 8.15. The van der Waals surface area contributed by atoms with Gasteiger partial charge in [-0.3, -0.25) is 9.59 Å². The van der Waals surface area contributed by atoms with Gasteiger partial charge in [-0.05, 0) is 12.1 Å². The number of benzene rings is 2. The highest BCUT2D eigenvalue weighted by atomic mass is 32.2. The number of nitrogens with one attached hydrogen (secondary N) is 1. The minimum Gasteiger partial charge on any atom is -0.493 e. The van der Waals surface area contributed by atoms with Crippen molar-refractivity contribution in [3.05, 3.63) is 59.2 Å². The Kier molecular flexibility index (Phi) is 7.03. The number of amidine groups is 1. The van der Waals surface area contributed by atoms with E-state index in [1.807, 2.05) is 6.07 Å². The number of carboxylic acids is 1. The van der Waals surface area contributed by atoms with Gasteiger partial charge in [-0.2, -0.15) is 5.10 Å². The third-order valence-corrected chi connectivity index (χ3v) is 5.45. The van der Waals surface area contributed by atoms with Crippen molar-refractivity contribution in [1.82, 2.24) is 5.32 Å². The maximum Gasteiger partial charge on any atom is 0.340 e.